The Balaban J connectivity index is 0.000000202. The highest BCUT2D eigenvalue weighted by Gasteiger charge is 2.07. The Morgan fingerprint density at radius 1 is 1.17 bits per heavy atom. The van der Waals surface area contributed by atoms with Gasteiger partial charge in [-0.05, 0) is 12.8 Å². The van der Waals surface area contributed by atoms with Crippen molar-refractivity contribution in [3.63, 3.8) is 0 Å². The number of carbonyl (C=O) groups excluding carboxylic acids is 2. The fraction of sp³-hybridized carbons (Fsp3) is 0.800. The van der Waals surface area contributed by atoms with Crippen LogP contribution >= 0.6 is 0 Å². The molecule has 0 aromatic heterocycles. The van der Waals surface area contributed by atoms with Crippen LogP contribution in [0, 0.1) is 11.8 Å². The molecule has 1 aliphatic rings. The molecule has 2 heteroatoms. The van der Waals surface area contributed by atoms with Gasteiger partial charge in [0.2, 0.25) is 0 Å². The number of hydrogen-bond donors (Lipinski definition) is 0. The highest BCUT2D eigenvalue weighted by molar-refractivity contribution is 5.76. The van der Waals surface area contributed by atoms with E-state index >= 15 is 0 Å². The predicted molar refractivity (Wildman–Crippen MR) is 48.9 cm³/mol. The summed E-state index contributed by atoms with van der Waals surface area (Å²) >= 11 is 0. The predicted octanol–water partition coefficient (Wildman–Crippen LogP) is 2.22. The van der Waals surface area contributed by atoms with Crippen molar-refractivity contribution in [2.24, 2.45) is 11.8 Å². The average Bonchev–Trinajstić information content (AvgIpc) is 2.55. The summed E-state index contributed by atoms with van der Waals surface area (Å²) in [7, 11) is 0. The van der Waals surface area contributed by atoms with Crippen molar-refractivity contribution in [1.82, 2.24) is 0 Å². The fourth-order valence-electron chi connectivity index (χ4n) is 1.16. The molecule has 0 bridgehead atoms. The van der Waals surface area contributed by atoms with Crippen molar-refractivity contribution < 1.29 is 9.59 Å². The van der Waals surface area contributed by atoms with E-state index < -0.39 is 5.92 Å². The Morgan fingerprint density at radius 2 is 1.58 bits per heavy atom. The van der Waals surface area contributed by atoms with Gasteiger partial charge in [-0.15, -0.1) is 0 Å². The third-order valence-corrected chi connectivity index (χ3v) is 2.07. The van der Waals surface area contributed by atoms with Crippen LogP contribution in [0.3, 0.4) is 0 Å². The first-order valence-electron chi connectivity index (χ1n) is 4.61. The van der Waals surface area contributed by atoms with E-state index in [-0.39, 0.29) is 0 Å². The van der Waals surface area contributed by atoms with Crippen molar-refractivity contribution in [2.75, 3.05) is 0 Å². The summed E-state index contributed by atoms with van der Waals surface area (Å²) in [4.78, 5) is 19.0. The van der Waals surface area contributed by atoms with E-state index in [1.807, 2.05) is 0 Å². The third kappa shape index (κ3) is 6.08. The molecular weight excluding hydrogens is 152 g/mol. The maximum atomic E-state index is 9.50. The quantitative estimate of drug-likeness (QED) is 0.470. The van der Waals surface area contributed by atoms with Gasteiger partial charge < -0.3 is 9.59 Å². The summed E-state index contributed by atoms with van der Waals surface area (Å²) in [6.45, 7) is 3.88. The molecular formula is C10H18O2. The molecule has 1 saturated carbocycles. The molecule has 12 heavy (non-hydrogen) atoms. The zero-order valence-corrected chi connectivity index (χ0v) is 7.95. The summed E-state index contributed by atoms with van der Waals surface area (Å²) in [5, 5.41) is 0. The smallest absolute Gasteiger partial charge is 0.129 e. The van der Waals surface area contributed by atoms with E-state index in [9.17, 15) is 9.59 Å². The van der Waals surface area contributed by atoms with Crippen LogP contribution in [0.2, 0.25) is 0 Å². The molecule has 70 valence electrons. The van der Waals surface area contributed by atoms with Crippen LogP contribution in [0.15, 0.2) is 0 Å². The molecule has 0 radical (unpaired) electrons. The Labute approximate surface area is 74.3 Å². The van der Waals surface area contributed by atoms with E-state index in [1.165, 1.54) is 25.7 Å². The molecule has 1 fully saturated rings. The van der Waals surface area contributed by atoms with Crippen molar-refractivity contribution >= 4 is 12.6 Å². The van der Waals surface area contributed by atoms with E-state index in [4.69, 9.17) is 0 Å². The van der Waals surface area contributed by atoms with Crippen LogP contribution in [0.25, 0.3) is 0 Å². The van der Waals surface area contributed by atoms with Crippen molar-refractivity contribution in [1.29, 1.82) is 0 Å². The lowest BCUT2D eigenvalue weighted by Crippen LogP contribution is -1.93. The zero-order chi connectivity index (χ0) is 9.40. The molecule has 0 aliphatic heterocycles. The lowest BCUT2D eigenvalue weighted by atomic mass is 10.2. The third-order valence-electron chi connectivity index (χ3n) is 2.07. The van der Waals surface area contributed by atoms with Crippen LogP contribution in [0.1, 0.15) is 39.5 Å². The van der Waals surface area contributed by atoms with E-state index in [0.717, 1.165) is 5.92 Å². The fourth-order valence-corrected chi connectivity index (χ4v) is 1.16. The van der Waals surface area contributed by atoms with Crippen LogP contribution in [0.4, 0.5) is 0 Å². The second-order valence-corrected chi connectivity index (χ2v) is 3.52. The summed E-state index contributed by atoms with van der Waals surface area (Å²) in [5.74, 6) is 0.620. The molecule has 0 saturated heterocycles. The summed E-state index contributed by atoms with van der Waals surface area (Å²) in [6, 6.07) is 0. The van der Waals surface area contributed by atoms with Crippen molar-refractivity contribution in [3.8, 4) is 0 Å². The molecule has 0 aromatic rings. The molecule has 2 nitrogen and oxygen atoms in total. The average molecular weight is 170 g/mol. The lowest BCUT2D eigenvalue weighted by molar-refractivity contribution is -0.118. The minimum Gasteiger partial charge on any atom is -0.303 e. The van der Waals surface area contributed by atoms with Crippen LogP contribution in [-0.4, -0.2) is 12.6 Å². The molecule has 0 amide bonds. The van der Waals surface area contributed by atoms with Crippen LogP contribution in [0.5, 0.6) is 0 Å². The SMILES string of the molecule is CC(C=O)C=O.CC1CCCC1. The van der Waals surface area contributed by atoms with Gasteiger partial charge in [0.05, 0.1) is 5.92 Å². The number of aldehydes is 2. The van der Waals surface area contributed by atoms with E-state index in [1.54, 1.807) is 6.92 Å². The van der Waals surface area contributed by atoms with Gasteiger partial charge in [0, 0.05) is 0 Å². The summed E-state index contributed by atoms with van der Waals surface area (Å²) in [6.07, 6.45) is 7.16. The molecule has 0 aromatic carbocycles. The first-order chi connectivity index (χ1) is 5.70. The Hall–Kier alpha value is -0.660. The summed E-state index contributed by atoms with van der Waals surface area (Å²) < 4.78 is 0. The summed E-state index contributed by atoms with van der Waals surface area (Å²) in [5.41, 5.74) is 0. The first-order valence-corrected chi connectivity index (χ1v) is 4.61. The lowest BCUT2D eigenvalue weighted by Gasteiger charge is -1.91. The van der Waals surface area contributed by atoms with Gasteiger partial charge in [-0.3, -0.25) is 0 Å². The van der Waals surface area contributed by atoms with Gasteiger partial charge in [-0.25, -0.2) is 0 Å². The molecule has 1 rings (SSSR count). The van der Waals surface area contributed by atoms with Gasteiger partial charge in [0.15, 0.2) is 0 Å². The largest absolute Gasteiger partial charge is 0.303 e. The first kappa shape index (κ1) is 11.3. The monoisotopic (exact) mass is 170 g/mol. The highest BCUT2D eigenvalue weighted by Crippen LogP contribution is 2.22. The highest BCUT2D eigenvalue weighted by atomic mass is 16.1. The maximum absolute atomic E-state index is 9.50. The second kappa shape index (κ2) is 7.01. The van der Waals surface area contributed by atoms with Crippen molar-refractivity contribution in [3.05, 3.63) is 0 Å². The number of hydrogen-bond acceptors (Lipinski definition) is 2. The van der Waals surface area contributed by atoms with Gasteiger partial charge in [0.1, 0.15) is 12.6 Å². The molecule has 0 N–H and O–H groups in total. The van der Waals surface area contributed by atoms with Gasteiger partial charge in [-0.2, -0.15) is 0 Å². The van der Waals surface area contributed by atoms with Gasteiger partial charge >= 0.3 is 0 Å². The minimum absolute atomic E-state index is 0.426. The number of carbonyl (C=O) groups is 2. The minimum atomic E-state index is -0.426. The van der Waals surface area contributed by atoms with E-state index in [0.29, 0.717) is 12.6 Å². The van der Waals surface area contributed by atoms with E-state index in [2.05, 4.69) is 6.92 Å². The standard InChI is InChI=1S/C6H12.C4H6O2/c1-6-4-2-3-5-6;1-4(2-5)3-6/h6H,2-5H2,1H3;2-4H,1H3. The molecule has 0 atom stereocenters. The van der Waals surface area contributed by atoms with Gasteiger partial charge in [-0.1, -0.05) is 32.6 Å². The molecule has 0 heterocycles. The zero-order valence-electron chi connectivity index (χ0n) is 7.95. The Bertz CT molecular complexity index is 118. The molecule has 0 unspecified atom stereocenters. The normalized spacial score (nSPS) is 16.9. The Morgan fingerprint density at radius 3 is 1.67 bits per heavy atom. The second-order valence-electron chi connectivity index (χ2n) is 3.52. The Kier molecular flexibility index (Phi) is 6.63. The van der Waals surface area contributed by atoms with Crippen LogP contribution in [-0.2, 0) is 9.59 Å². The van der Waals surface area contributed by atoms with Gasteiger partial charge in [0.25, 0.3) is 0 Å². The van der Waals surface area contributed by atoms with Crippen molar-refractivity contribution in [2.45, 2.75) is 39.5 Å². The topological polar surface area (TPSA) is 34.1 Å². The molecule has 0 spiro atoms. The number of rotatable bonds is 2. The molecule has 1 aliphatic carbocycles. The van der Waals surface area contributed by atoms with Crippen LogP contribution < -0.4 is 0 Å². The maximum Gasteiger partial charge on any atom is 0.129 e.